The fourth-order valence-corrected chi connectivity index (χ4v) is 1.83. The molecule has 1 fully saturated rings. The number of hydrogen-bond donors (Lipinski definition) is 2. The number of hydrogen-bond acceptors (Lipinski definition) is 2. The topological polar surface area (TPSA) is 50.4 Å². The zero-order valence-corrected chi connectivity index (χ0v) is 10.6. The van der Waals surface area contributed by atoms with Gasteiger partial charge in [-0.05, 0) is 36.1 Å². The Morgan fingerprint density at radius 1 is 1.37 bits per heavy atom. The third-order valence-electron chi connectivity index (χ3n) is 2.88. The maximum absolute atomic E-state index is 12.9. The first-order chi connectivity index (χ1) is 9.24. The summed E-state index contributed by atoms with van der Waals surface area (Å²) in [5.41, 5.74) is 1.90. The van der Waals surface area contributed by atoms with Gasteiger partial charge in [0.1, 0.15) is 5.82 Å². The minimum Gasteiger partial charge on any atom is -0.381 e. The normalized spacial score (nSPS) is 14.9. The maximum Gasteiger partial charge on any atom is 0.319 e. The summed E-state index contributed by atoms with van der Waals surface area (Å²) < 4.78 is 18.2. The first kappa shape index (κ1) is 13.5. The van der Waals surface area contributed by atoms with E-state index in [1.165, 1.54) is 17.7 Å². The number of ether oxygens (including phenoxy) is 1. The second-order valence-electron chi connectivity index (χ2n) is 4.37. The van der Waals surface area contributed by atoms with Crippen LogP contribution in [0.15, 0.2) is 36.0 Å². The van der Waals surface area contributed by atoms with Gasteiger partial charge in [0.2, 0.25) is 0 Å². The van der Waals surface area contributed by atoms with Gasteiger partial charge in [-0.3, -0.25) is 0 Å². The summed E-state index contributed by atoms with van der Waals surface area (Å²) in [6, 6.07) is 5.87. The molecule has 0 aliphatic carbocycles. The average molecular weight is 264 g/mol. The van der Waals surface area contributed by atoms with E-state index in [-0.39, 0.29) is 11.8 Å². The highest BCUT2D eigenvalue weighted by molar-refractivity contribution is 5.74. The molecule has 0 aromatic heterocycles. The third kappa shape index (κ3) is 4.71. The molecule has 2 N–H and O–H groups in total. The fraction of sp³-hybridized carbons (Fsp3) is 0.357. The average Bonchev–Trinajstić information content (AvgIpc) is 2.44. The van der Waals surface area contributed by atoms with E-state index >= 15 is 0 Å². The van der Waals surface area contributed by atoms with E-state index in [1.807, 2.05) is 0 Å². The van der Waals surface area contributed by atoms with Crippen LogP contribution >= 0.6 is 0 Å². The van der Waals surface area contributed by atoms with Gasteiger partial charge in [-0.25, -0.2) is 9.18 Å². The Bertz CT molecular complexity index is 466. The Balaban J connectivity index is 1.75. The molecule has 1 saturated heterocycles. The molecule has 2 rings (SSSR count). The lowest BCUT2D eigenvalue weighted by Gasteiger charge is -2.14. The number of amides is 2. The van der Waals surface area contributed by atoms with Gasteiger partial charge in [0.15, 0.2) is 0 Å². The third-order valence-corrected chi connectivity index (χ3v) is 2.88. The van der Waals surface area contributed by atoms with Crippen molar-refractivity contribution in [3.05, 3.63) is 47.4 Å². The SMILES string of the molecule is O=C(NC=C1CCOCC1)NCc1cccc(F)c1. The van der Waals surface area contributed by atoms with Gasteiger partial charge < -0.3 is 15.4 Å². The molecule has 0 unspecified atom stereocenters. The summed E-state index contributed by atoms with van der Waals surface area (Å²) in [5.74, 6) is -0.302. The van der Waals surface area contributed by atoms with Crippen LogP contribution in [0, 0.1) is 5.82 Å². The van der Waals surface area contributed by atoms with Crippen molar-refractivity contribution in [3.8, 4) is 0 Å². The van der Waals surface area contributed by atoms with Gasteiger partial charge in [-0.2, -0.15) is 0 Å². The van der Waals surface area contributed by atoms with Crippen LogP contribution < -0.4 is 10.6 Å². The highest BCUT2D eigenvalue weighted by atomic mass is 19.1. The second kappa shape index (κ2) is 6.89. The first-order valence-corrected chi connectivity index (χ1v) is 6.28. The van der Waals surface area contributed by atoms with E-state index in [4.69, 9.17) is 4.74 Å². The van der Waals surface area contributed by atoms with Gasteiger partial charge in [0.25, 0.3) is 0 Å². The molecule has 0 spiro atoms. The lowest BCUT2D eigenvalue weighted by atomic mass is 10.1. The molecule has 4 nitrogen and oxygen atoms in total. The molecular weight excluding hydrogens is 247 g/mol. The highest BCUT2D eigenvalue weighted by Crippen LogP contribution is 2.11. The number of benzene rings is 1. The second-order valence-corrected chi connectivity index (χ2v) is 4.37. The van der Waals surface area contributed by atoms with Crippen LogP contribution in [0.5, 0.6) is 0 Å². The van der Waals surface area contributed by atoms with Gasteiger partial charge in [-0.15, -0.1) is 0 Å². The van der Waals surface area contributed by atoms with Crippen molar-refractivity contribution >= 4 is 6.03 Å². The quantitative estimate of drug-likeness (QED) is 0.880. The van der Waals surface area contributed by atoms with Crippen LogP contribution in [0.1, 0.15) is 18.4 Å². The lowest BCUT2D eigenvalue weighted by Crippen LogP contribution is -2.32. The number of halogens is 1. The monoisotopic (exact) mass is 264 g/mol. The molecule has 1 aromatic carbocycles. The summed E-state index contributed by atoms with van der Waals surface area (Å²) >= 11 is 0. The Morgan fingerprint density at radius 2 is 2.16 bits per heavy atom. The molecule has 2 amide bonds. The Hall–Kier alpha value is -1.88. The molecule has 0 atom stereocenters. The summed E-state index contributed by atoms with van der Waals surface area (Å²) in [4.78, 5) is 11.6. The number of urea groups is 1. The number of rotatable bonds is 3. The molecule has 1 heterocycles. The smallest absolute Gasteiger partial charge is 0.319 e. The van der Waals surface area contributed by atoms with Crippen molar-refractivity contribution in [2.75, 3.05) is 13.2 Å². The van der Waals surface area contributed by atoms with E-state index in [1.54, 1.807) is 18.3 Å². The Kier molecular flexibility index (Phi) is 4.92. The number of carbonyl (C=O) groups excluding carboxylic acids is 1. The zero-order chi connectivity index (χ0) is 13.5. The fourth-order valence-electron chi connectivity index (χ4n) is 1.83. The van der Waals surface area contributed by atoms with Crippen LogP contribution in [0.2, 0.25) is 0 Å². The van der Waals surface area contributed by atoms with Crippen molar-refractivity contribution < 1.29 is 13.9 Å². The maximum atomic E-state index is 12.9. The van der Waals surface area contributed by atoms with E-state index in [2.05, 4.69) is 10.6 Å². The van der Waals surface area contributed by atoms with Crippen molar-refractivity contribution in [3.63, 3.8) is 0 Å². The van der Waals surface area contributed by atoms with Crippen LogP contribution in [-0.2, 0) is 11.3 Å². The summed E-state index contributed by atoms with van der Waals surface area (Å²) in [5, 5.41) is 5.35. The molecule has 19 heavy (non-hydrogen) atoms. The van der Waals surface area contributed by atoms with Gasteiger partial charge in [0, 0.05) is 12.7 Å². The molecule has 0 saturated carbocycles. The predicted octanol–water partition coefficient (Wildman–Crippen LogP) is 2.32. The van der Waals surface area contributed by atoms with E-state index in [9.17, 15) is 9.18 Å². The summed E-state index contributed by atoms with van der Waals surface area (Å²) in [7, 11) is 0. The molecule has 0 bridgehead atoms. The molecule has 102 valence electrons. The van der Waals surface area contributed by atoms with Gasteiger partial charge in [-0.1, -0.05) is 12.1 Å². The van der Waals surface area contributed by atoms with E-state index in [0.29, 0.717) is 19.8 Å². The summed E-state index contributed by atoms with van der Waals surface area (Å²) in [6.45, 7) is 1.72. The minimum atomic E-state index is -0.302. The van der Waals surface area contributed by atoms with Gasteiger partial charge in [0.05, 0.1) is 13.2 Å². The minimum absolute atomic E-state index is 0.289. The highest BCUT2D eigenvalue weighted by Gasteiger charge is 2.06. The predicted molar refractivity (Wildman–Crippen MR) is 69.9 cm³/mol. The van der Waals surface area contributed by atoms with Crippen molar-refractivity contribution in [2.24, 2.45) is 0 Å². The Labute approximate surface area is 111 Å². The van der Waals surface area contributed by atoms with Crippen LogP contribution in [0.4, 0.5) is 9.18 Å². The number of nitrogens with one attached hydrogen (secondary N) is 2. The Morgan fingerprint density at radius 3 is 2.89 bits per heavy atom. The zero-order valence-electron chi connectivity index (χ0n) is 10.6. The molecule has 5 heteroatoms. The first-order valence-electron chi connectivity index (χ1n) is 6.28. The molecule has 0 radical (unpaired) electrons. The molecule has 1 aromatic rings. The number of carbonyl (C=O) groups is 1. The van der Waals surface area contributed by atoms with Crippen LogP contribution in [0.3, 0.4) is 0 Å². The van der Waals surface area contributed by atoms with E-state index < -0.39 is 0 Å². The summed E-state index contributed by atoms with van der Waals surface area (Å²) in [6.07, 6.45) is 3.43. The van der Waals surface area contributed by atoms with Crippen LogP contribution in [0.25, 0.3) is 0 Å². The van der Waals surface area contributed by atoms with Crippen LogP contribution in [-0.4, -0.2) is 19.2 Å². The van der Waals surface area contributed by atoms with Crippen molar-refractivity contribution in [1.29, 1.82) is 0 Å². The molecule has 1 aliphatic rings. The largest absolute Gasteiger partial charge is 0.381 e. The molecule has 1 aliphatic heterocycles. The van der Waals surface area contributed by atoms with Crippen molar-refractivity contribution in [2.45, 2.75) is 19.4 Å². The van der Waals surface area contributed by atoms with Crippen molar-refractivity contribution in [1.82, 2.24) is 10.6 Å². The lowest BCUT2D eigenvalue weighted by molar-refractivity contribution is 0.119. The molecular formula is C14H17FN2O2. The standard InChI is InChI=1S/C14H17FN2O2/c15-13-3-1-2-12(8-13)10-17-14(18)16-9-11-4-6-19-7-5-11/h1-3,8-9H,4-7,10H2,(H2,16,17,18). The van der Waals surface area contributed by atoms with E-state index in [0.717, 1.165) is 18.4 Å². The van der Waals surface area contributed by atoms with Gasteiger partial charge >= 0.3 is 6.03 Å².